The smallest absolute Gasteiger partial charge is 0.331 e. The van der Waals surface area contributed by atoms with Gasteiger partial charge in [0.25, 0.3) is 0 Å². The maximum atomic E-state index is 11.2. The SMILES string of the molecule is C=C(C(=O)O)C(C)C1([N+](=O)[O-])CCCCC1. The lowest BCUT2D eigenvalue weighted by atomic mass is 9.71. The van der Waals surface area contributed by atoms with Crippen LogP contribution in [0.15, 0.2) is 12.2 Å². The molecule has 1 N–H and O–H groups in total. The molecule has 1 saturated carbocycles. The number of hydrogen-bond donors (Lipinski definition) is 1. The molecule has 5 nitrogen and oxygen atoms in total. The van der Waals surface area contributed by atoms with Crippen LogP contribution >= 0.6 is 0 Å². The summed E-state index contributed by atoms with van der Waals surface area (Å²) in [6.07, 6.45) is 3.47. The van der Waals surface area contributed by atoms with Crippen LogP contribution in [0.5, 0.6) is 0 Å². The Kier molecular flexibility index (Phi) is 3.67. The number of hydrogen-bond acceptors (Lipinski definition) is 3. The molecule has 0 heterocycles. The van der Waals surface area contributed by atoms with Crippen molar-refractivity contribution in [1.29, 1.82) is 0 Å². The van der Waals surface area contributed by atoms with Crippen LogP contribution in [0.25, 0.3) is 0 Å². The molecule has 0 spiro atoms. The van der Waals surface area contributed by atoms with Gasteiger partial charge in [0.15, 0.2) is 0 Å². The molecule has 0 aromatic carbocycles. The minimum Gasteiger partial charge on any atom is -0.478 e. The highest BCUT2D eigenvalue weighted by Gasteiger charge is 2.50. The van der Waals surface area contributed by atoms with Gasteiger partial charge in [-0.05, 0) is 12.8 Å². The third kappa shape index (κ3) is 2.08. The van der Waals surface area contributed by atoms with E-state index in [0.29, 0.717) is 12.8 Å². The van der Waals surface area contributed by atoms with Crippen molar-refractivity contribution in [3.05, 3.63) is 22.3 Å². The summed E-state index contributed by atoms with van der Waals surface area (Å²) in [7, 11) is 0. The Hall–Kier alpha value is -1.39. The van der Waals surface area contributed by atoms with Gasteiger partial charge in [-0.2, -0.15) is 0 Å². The summed E-state index contributed by atoms with van der Waals surface area (Å²) in [5.41, 5.74) is -1.17. The van der Waals surface area contributed by atoms with E-state index >= 15 is 0 Å². The number of aliphatic carboxylic acids is 1. The van der Waals surface area contributed by atoms with Crippen molar-refractivity contribution in [1.82, 2.24) is 0 Å². The van der Waals surface area contributed by atoms with Crippen molar-refractivity contribution in [2.45, 2.75) is 44.6 Å². The van der Waals surface area contributed by atoms with E-state index in [1.807, 2.05) is 0 Å². The van der Waals surface area contributed by atoms with E-state index in [-0.39, 0.29) is 10.5 Å². The fourth-order valence-corrected chi connectivity index (χ4v) is 2.45. The zero-order valence-corrected chi connectivity index (χ0v) is 9.44. The molecule has 1 unspecified atom stereocenters. The molecule has 0 aromatic heterocycles. The highest BCUT2D eigenvalue weighted by Crippen LogP contribution is 2.39. The molecule has 1 aliphatic rings. The standard InChI is InChI=1S/C11H17NO4/c1-8(10(13)14)9(2)11(12(15)16)6-4-3-5-7-11/h9H,1,3-7H2,2H3,(H,13,14). The summed E-state index contributed by atoms with van der Waals surface area (Å²) < 4.78 is 0. The van der Waals surface area contributed by atoms with Crippen molar-refractivity contribution in [2.75, 3.05) is 0 Å². The third-order valence-electron chi connectivity index (χ3n) is 3.69. The first kappa shape index (κ1) is 12.7. The van der Waals surface area contributed by atoms with E-state index in [1.165, 1.54) is 0 Å². The minimum atomic E-state index is -1.14. The van der Waals surface area contributed by atoms with Crippen LogP contribution in [-0.2, 0) is 4.79 Å². The molecule has 0 aromatic rings. The van der Waals surface area contributed by atoms with Gasteiger partial charge < -0.3 is 5.11 Å². The van der Waals surface area contributed by atoms with Crippen LogP contribution in [0.1, 0.15) is 39.0 Å². The first-order valence-corrected chi connectivity index (χ1v) is 5.48. The van der Waals surface area contributed by atoms with Gasteiger partial charge >= 0.3 is 5.97 Å². The fourth-order valence-electron chi connectivity index (χ4n) is 2.45. The van der Waals surface area contributed by atoms with E-state index < -0.39 is 17.4 Å². The molecule has 0 bridgehead atoms. The highest BCUT2D eigenvalue weighted by molar-refractivity contribution is 5.86. The topological polar surface area (TPSA) is 80.4 Å². The van der Waals surface area contributed by atoms with Gasteiger partial charge in [0.1, 0.15) is 0 Å². The maximum absolute atomic E-state index is 11.2. The molecule has 90 valence electrons. The Morgan fingerprint density at radius 3 is 2.31 bits per heavy atom. The van der Waals surface area contributed by atoms with E-state index in [0.717, 1.165) is 19.3 Å². The third-order valence-corrected chi connectivity index (χ3v) is 3.69. The molecule has 1 aliphatic carbocycles. The Balaban J connectivity index is 2.97. The van der Waals surface area contributed by atoms with Gasteiger partial charge in [-0.25, -0.2) is 4.79 Å². The lowest BCUT2D eigenvalue weighted by Crippen LogP contribution is -2.47. The number of nitrogens with zero attached hydrogens (tertiary/aromatic N) is 1. The van der Waals surface area contributed by atoms with Crippen LogP contribution in [0.2, 0.25) is 0 Å². The molecule has 1 rings (SSSR count). The minimum absolute atomic E-state index is 0.0569. The molecule has 1 fully saturated rings. The monoisotopic (exact) mass is 227 g/mol. The molecule has 1 atom stereocenters. The van der Waals surface area contributed by atoms with Crippen molar-refractivity contribution in [3.8, 4) is 0 Å². The van der Waals surface area contributed by atoms with Crippen LogP contribution in [0.4, 0.5) is 0 Å². The summed E-state index contributed by atoms with van der Waals surface area (Å²) in [5.74, 6) is -1.75. The second-order valence-corrected chi connectivity index (χ2v) is 4.47. The van der Waals surface area contributed by atoms with E-state index in [1.54, 1.807) is 6.92 Å². The number of carbonyl (C=O) groups is 1. The zero-order valence-electron chi connectivity index (χ0n) is 9.44. The molecule has 16 heavy (non-hydrogen) atoms. The lowest BCUT2D eigenvalue weighted by molar-refractivity contribution is -0.583. The fraction of sp³-hybridized carbons (Fsp3) is 0.727. The van der Waals surface area contributed by atoms with Gasteiger partial charge in [-0.3, -0.25) is 10.1 Å². The zero-order chi connectivity index (χ0) is 12.3. The Labute approximate surface area is 94.3 Å². The van der Waals surface area contributed by atoms with E-state index in [2.05, 4.69) is 6.58 Å². The summed E-state index contributed by atoms with van der Waals surface area (Å²) in [5, 5.41) is 20.1. The molecular weight excluding hydrogens is 210 g/mol. The normalized spacial score (nSPS) is 21.1. The summed E-state index contributed by atoms with van der Waals surface area (Å²) in [6, 6.07) is 0. The predicted octanol–water partition coefficient (Wildman–Crippen LogP) is 2.24. The van der Waals surface area contributed by atoms with Gasteiger partial charge in [-0.15, -0.1) is 0 Å². The Morgan fingerprint density at radius 2 is 1.94 bits per heavy atom. The van der Waals surface area contributed by atoms with Crippen molar-refractivity contribution >= 4 is 5.97 Å². The van der Waals surface area contributed by atoms with Gasteiger partial charge in [0, 0.05) is 23.3 Å². The molecule has 5 heteroatoms. The number of nitro groups is 1. The van der Waals surface area contributed by atoms with Gasteiger partial charge in [-0.1, -0.05) is 19.9 Å². The first-order chi connectivity index (χ1) is 7.42. The maximum Gasteiger partial charge on any atom is 0.331 e. The molecule has 0 amide bonds. The Morgan fingerprint density at radius 1 is 1.44 bits per heavy atom. The quantitative estimate of drug-likeness (QED) is 0.453. The van der Waals surface area contributed by atoms with Crippen LogP contribution in [-0.4, -0.2) is 21.5 Å². The van der Waals surface area contributed by atoms with Crippen molar-refractivity contribution < 1.29 is 14.8 Å². The summed E-state index contributed by atoms with van der Waals surface area (Å²) in [4.78, 5) is 21.7. The molecule has 0 aliphatic heterocycles. The number of carboxylic acids is 1. The lowest BCUT2D eigenvalue weighted by Gasteiger charge is -2.34. The van der Waals surface area contributed by atoms with Gasteiger partial charge in [0.2, 0.25) is 5.54 Å². The Bertz CT molecular complexity index is 318. The molecular formula is C11H17NO4. The second-order valence-electron chi connectivity index (χ2n) is 4.47. The largest absolute Gasteiger partial charge is 0.478 e. The summed E-state index contributed by atoms with van der Waals surface area (Å²) in [6.45, 7) is 5.05. The van der Waals surface area contributed by atoms with Crippen LogP contribution in [0.3, 0.4) is 0 Å². The van der Waals surface area contributed by atoms with E-state index in [9.17, 15) is 14.9 Å². The van der Waals surface area contributed by atoms with Crippen molar-refractivity contribution in [2.24, 2.45) is 5.92 Å². The first-order valence-electron chi connectivity index (χ1n) is 5.48. The number of carboxylic acid groups (broad SMARTS) is 1. The number of rotatable bonds is 4. The summed E-state index contributed by atoms with van der Waals surface area (Å²) >= 11 is 0. The average Bonchev–Trinajstić information content (AvgIpc) is 2.27. The predicted molar refractivity (Wildman–Crippen MR) is 58.8 cm³/mol. The second kappa shape index (κ2) is 4.63. The van der Waals surface area contributed by atoms with Crippen LogP contribution in [0, 0.1) is 16.0 Å². The van der Waals surface area contributed by atoms with Crippen molar-refractivity contribution in [3.63, 3.8) is 0 Å². The van der Waals surface area contributed by atoms with Crippen LogP contribution < -0.4 is 0 Å². The highest BCUT2D eigenvalue weighted by atomic mass is 16.6. The van der Waals surface area contributed by atoms with E-state index in [4.69, 9.17) is 5.11 Å². The average molecular weight is 227 g/mol. The van der Waals surface area contributed by atoms with Gasteiger partial charge in [0.05, 0.1) is 5.92 Å². The molecule has 0 saturated heterocycles. The molecule has 0 radical (unpaired) electrons.